The number of alkyl halides is 2. The number of hydrogen-bond acceptors (Lipinski definition) is 3. The lowest BCUT2D eigenvalue weighted by Gasteiger charge is -2.15. The third-order valence-electron chi connectivity index (χ3n) is 3.02. The summed E-state index contributed by atoms with van der Waals surface area (Å²) in [5.74, 6) is 0. The lowest BCUT2D eigenvalue weighted by atomic mass is 9.96. The molecule has 0 amide bonds. The third-order valence-corrected chi connectivity index (χ3v) is 4.59. The van der Waals surface area contributed by atoms with Crippen LogP contribution in [0.25, 0.3) is 6.08 Å². The smallest absolute Gasteiger partial charge is 0.0704 e. The Morgan fingerprint density at radius 3 is 2.57 bits per heavy atom. The van der Waals surface area contributed by atoms with E-state index in [-0.39, 0.29) is 0 Å². The summed E-state index contributed by atoms with van der Waals surface area (Å²) in [5.41, 5.74) is 3.53. The van der Waals surface area contributed by atoms with Crippen LogP contribution in [0.4, 0.5) is 0 Å². The van der Waals surface area contributed by atoms with Crippen molar-refractivity contribution in [3.63, 3.8) is 0 Å². The zero-order valence-corrected chi connectivity index (χ0v) is 19.8. The van der Waals surface area contributed by atoms with E-state index in [1.807, 2.05) is 22.1 Å². The Bertz CT molecular complexity index is 639. The summed E-state index contributed by atoms with van der Waals surface area (Å²) in [5, 5.41) is 0. The number of aliphatic imine (C=N–C) groups is 1. The Kier molecular flexibility index (Phi) is 11.6. The van der Waals surface area contributed by atoms with Crippen LogP contribution in [-0.4, -0.2) is 27.1 Å². The second-order valence-electron chi connectivity index (χ2n) is 4.39. The van der Waals surface area contributed by atoms with Crippen molar-refractivity contribution in [1.82, 2.24) is 4.98 Å². The molecule has 0 unspecified atom stereocenters. The summed E-state index contributed by atoms with van der Waals surface area (Å²) < 4.78 is 1.16. The minimum absolute atomic E-state index is 0.912. The van der Waals surface area contributed by atoms with Crippen LogP contribution in [-0.2, 0) is 0 Å². The minimum Gasteiger partial charge on any atom is -0.284 e. The van der Waals surface area contributed by atoms with Crippen LogP contribution >= 0.6 is 72.4 Å². The average molecular weight is 617 g/mol. The summed E-state index contributed by atoms with van der Waals surface area (Å²) >= 11 is 9.55. The Labute approximate surface area is 178 Å². The van der Waals surface area contributed by atoms with Crippen molar-refractivity contribution in [2.45, 2.75) is 12.8 Å². The van der Waals surface area contributed by atoms with Crippen molar-refractivity contribution in [3.8, 4) is 0 Å². The molecule has 0 saturated carbocycles. The maximum atomic E-state index is 4.69. The summed E-state index contributed by atoms with van der Waals surface area (Å²) in [6.45, 7) is 0.912. The van der Waals surface area contributed by atoms with Crippen molar-refractivity contribution in [2.24, 2.45) is 4.99 Å². The standard InChI is InChI=1S/C15H13BrN2S.2CH3I/c16-14-6-5-13(19-14)9-11-3-2-8-18-15(11)12-4-1-7-17-10-12;2*1-2/h1,4-7,9-10H,2-3,8H2;2*1H3/b11-9+;;. The largest absolute Gasteiger partial charge is 0.284 e. The fourth-order valence-corrected chi connectivity index (χ4v) is 3.57. The maximum Gasteiger partial charge on any atom is 0.0704 e. The molecule has 23 heavy (non-hydrogen) atoms. The second-order valence-corrected chi connectivity index (χ2v) is 6.88. The van der Waals surface area contributed by atoms with Gasteiger partial charge in [-0.05, 0) is 74.5 Å². The van der Waals surface area contributed by atoms with Crippen LogP contribution in [0.5, 0.6) is 0 Å². The van der Waals surface area contributed by atoms with Crippen LogP contribution in [0.1, 0.15) is 23.3 Å². The molecule has 0 spiro atoms. The third kappa shape index (κ3) is 6.91. The van der Waals surface area contributed by atoms with Gasteiger partial charge in [0.15, 0.2) is 0 Å². The Balaban J connectivity index is 0.000000615. The van der Waals surface area contributed by atoms with E-state index in [2.05, 4.69) is 95.4 Å². The molecule has 0 aliphatic carbocycles. The molecule has 6 heteroatoms. The SMILES string of the molecule is Brc1ccc(/C=C2\CCCN=C2c2cccnc2)s1.CI.CI. The quantitative estimate of drug-likeness (QED) is 0.273. The van der Waals surface area contributed by atoms with Gasteiger partial charge in [-0.2, -0.15) is 0 Å². The Hall–Kier alpha value is 0.200. The number of pyridine rings is 1. The zero-order valence-electron chi connectivity index (χ0n) is 13.1. The van der Waals surface area contributed by atoms with Crippen LogP contribution in [0.3, 0.4) is 0 Å². The van der Waals surface area contributed by atoms with E-state index in [1.165, 1.54) is 10.5 Å². The molecule has 0 fully saturated rings. The van der Waals surface area contributed by atoms with Gasteiger partial charge in [0, 0.05) is 29.4 Å². The molecule has 124 valence electrons. The summed E-state index contributed by atoms with van der Waals surface area (Å²) in [7, 11) is 0. The molecule has 3 heterocycles. The summed E-state index contributed by atoms with van der Waals surface area (Å²) in [4.78, 5) is 14.1. The van der Waals surface area contributed by atoms with E-state index in [0.717, 1.165) is 34.4 Å². The van der Waals surface area contributed by atoms with Gasteiger partial charge in [0.25, 0.3) is 0 Å². The fourth-order valence-electron chi connectivity index (χ4n) is 2.18. The monoisotopic (exact) mass is 616 g/mol. The molecule has 0 bridgehead atoms. The van der Waals surface area contributed by atoms with Gasteiger partial charge < -0.3 is 0 Å². The van der Waals surface area contributed by atoms with Crippen molar-refractivity contribution < 1.29 is 0 Å². The molecule has 2 aromatic rings. The molecule has 1 aliphatic rings. The van der Waals surface area contributed by atoms with Gasteiger partial charge in [0.2, 0.25) is 0 Å². The first-order valence-electron chi connectivity index (χ1n) is 6.99. The van der Waals surface area contributed by atoms with Gasteiger partial charge in [-0.3, -0.25) is 9.98 Å². The van der Waals surface area contributed by atoms with Crippen LogP contribution in [0.15, 0.2) is 51.0 Å². The lowest BCUT2D eigenvalue weighted by molar-refractivity contribution is 0.818. The van der Waals surface area contributed by atoms with Crippen molar-refractivity contribution in [1.29, 1.82) is 0 Å². The number of nitrogens with zero attached hydrogens (tertiary/aromatic N) is 2. The van der Waals surface area contributed by atoms with Gasteiger partial charge in [0.1, 0.15) is 0 Å². The Morgan fingerprint density at radius 1 is 1.17 bits per heavy atom. The Morgan fingerprint density at radius 2 is 1.96 bits per heavy atom. The molecule has 1 aliphatic heterocycles. The molecule has 0 radical (unpaired) electrons. The van der Waals surface area contributed by atoms with Crippen LogP contribution < -0.4 is 0 Å². The fraction of sp³-hybridized carbons (Fsp3) is 0.294. The minimum atomic E-state index is 0.912. The normalized spacial score (nSPS) is 15.0. The van der Waals surface area contributed by atoms with E-state index in [9.17, 15) is 0 Å². The number of hydrogen-bond donors (Lipinski definition) is 0. The van der Waals surface area contributed by atoms with Crippen molar-refractivity contribution >= 4 is 84.2 Å². The second kappa shape index (κ2) is 12.5. The highest BCUT2D eigenvalue weighted by Gasteiger charge is 2.14. The number of thiophene rings is 1. The van der Waals surface area contributed by atoms with Crippen LogP contribution in [0, 0.1) is 0 Å². The van der Waals surface area contributed by atoms with Gasteiger partial charge >= 0.3 is 0 Å². The van der Waals surface area contributed by atoms with E-state index in [4.69, 9.17) is 0 Å². The van der Waals surface area contributed by atoms with Gasteiger partial charge in [-0.25, -0.2) is 0 Å². The zero-order chi connectivity index (χ0) is 17.1. The molecular formula is C17H19BrI2N2S. The van der Waals surface area contributed by atoms with Gasteiger partial charge in [0.05, 0.1) is 9.50 Å². The molecular weight excluding hydrogens is 598 g/mol. The van der Waals surface area contributed by atoms with Gasteiger partial charge in [-0.15, -0.1) is 11.3 Å². The molecule has 2 nitrogen and oxygen atoms in total. The van der Waals surface area contributed by atoms with Gasteiger partial charge in [-0.1, -0.05) is 45.2 Å². The van der Waals surface area contributed by atoms with E-state index in [0.29, 0.717) is 0 Å². The molecule has 2 aromatic heterocycles. The highest BCUT2D eigenvalue weighted by Crippen LogP contribution is 2.27. The average Bonchev–Trinajstić information content (AvgIpc) is 3.05. The van der Waals surface area contributed by atoms with E-state index in [1.54, 1.807) is 17.5 Å². The highest BCUT2D eigenvalue weighted by molar-refractivity contribution is 14.1. The molecule has 0 N–H and O–H groups in total. The first-order valence-corrected chi connectivity index (χ1v) is 12.9. The predicted octanol–water partition coefficient (Wildman–Crippen LogP) is 6.67. The highest BCUT2D eigenvalue weighted by atomic mass is 127. The number of halogens is 3. The number of aromatic nitrogens is 1. The summed E-state index contributed by atoms with van der Waals surface area (Å²) in [6.07, 6.45) is 8.15. The molecule has 0 saturated heterocycles. The molecule has 0 atom stereocenters. The summed E-state index contributed by atoms with van der Waals surface area (Å²) in [6, 6.07) is 8.26. The maximum absolute atomic E-state index is 4.69. The number of rotatable bonds is 2. The molecule has 3 rings (SSSR count). The number of allylic oxidation sites excluding steroid dienone is 1. The topological polar surface area (TPSA) is 25.2 Å². The van der Waals surface area contributed by atoms with Crippen molar-refractivity contribution in [3.05, 3.63) is 56.5 Å². The predicted molar refractivity (Wildman–Crippen MR) is 125 cm³/mol. The first-order chi connectivity index (χ1) is 11.3. The lowest BCUT2D eigenvalue weighted by Crippen LogP contribution is -2.11. The van der Waals surface area contributed by atoms with Crippen molar-refractivity contribution in [2.75, 3.05) is 16.4 Å². The van der Waals surface area contributed by atoms with E-state index >= 15 is 0 Å². The first kappa shape index (κ1) is 21.2. The molecule has 0 aromatic carbocycles. The van der Waals surface area contributed by atoms with Crippen LogP contribution in [0.2, 0.25) is 0 Å². The van der Waals surface area contributed by atoms with E-state index < -0.39 is 0 Å².